The van der Waals surface area contributed by atoms with Crippen molar-refractivity contribution < 1.29 is 19.4 Å². The van der Waals surface area contributed by atoms with Crippen LogP contribution in [0.15, 0.2) is 35.6 Å². The summed E-state index contributed by atoms with van der Waals surface area (Å²) in [6.45, 7) is 2.96. The Morgan fingerprint density at radius 2 is 2.04 bits per heavy atom. The highest BCUT2D eigenvalue weighted by Gasteiger charge is 2.18. The van der Waals surface area contributed by atoms with Crippen LogP contribution in [-0.4, -0.2) is 64.6 Å². The normalized spacial score (nSPS) is 14.5. The van der Waals surface area contributed by atoms with E-state index in [2.05, 4.69) is 4.98 Å². The Morgan fingerprint density at radius 3 is 2.69 bits per heavy atom. The molecule has 0 unspecified atom stereocenters. The molecule has 3 rings (SSSR count). The number of aromatic nitrogens is 2. The van der Waals surface area contributed by atoms with Crippen molar-refractivity contribution in [2.75, 3.05) is 39.2 Å². The zero-order valence-corrected chi connectivity index (χ0v) is 15.6. The number of methoxy groups -OCH3 is 1. The molecule has 0 atom stereocenters. The van der Waals surface area contributed by atoms with Gasteiger partial charge in [0, 0.05) is 25.8 Å². The van der Waals surface area contributed by atoms with Crippen molar-refractivity contribution in [2.24, 2.45) is 0 Å². The highest BCUT2D eigenvalue weighted by atomic mass is 32.2. The van der Waals surface area contributed by atoms with Crippen molar-refractivity contribution >= 4 is 17.7 Å². The fraction of sp³-hybridized carbons (Fsp3) is 0.444. The van der Waals surface area contributed by atoms with Crippen LogP contribution in [0.3, 0.4) is 0 Å². The number of nitrogens with zero attached hydrogens (tertiary/aromatic N) is 3. The lowest BCUT2D eigenvalue weighted by molar-refractivity contribution is -0.132. The van der Waals surface area contributed by atoms with Crippen LogP contribution in [0.4, 0.5) is 0 Å². The number of hydrogen-bond acceptors (Lipinski definition) is 6. The Balaban J connectivity index is 1.66. The van der Waals surface area contributed by atoms with E-state index < -0.39 is 0 Å². The lowest BCUT2D eigenvalue weighted by Gasteiger charge is -2.26. The zero-order valence-electron chi connectivity index (χ0n) is 14.8. The number of imidazole rings is 1. The lowest BCUT2D eigenvalue weighted by atomic mass is 10.2. The van der Waals surface area contributed by atoms with Crippen molar-refractivity contribution in [1.29, 1.82) is 0 Å². The number of aliphatic hydroxyl groups excluding tert-OH is 1. The third-order valence-corrected chi connectivity index (χ3v) is 5.13. The average molecular weight is 377 g/mol. The van der Waals surface area contributed by atoms with Crippen LogP contribution in [0.2, 0.25) is 0 Å². The molecule has 0 radical (unpaired) electrons. The second-order valence-electron chi connectivity index (χ2n) is 5.93. The maximum absolute atomic E-state index is 12.3. The molecular formula is C18H23N3O4S. The Labute approximate surface area is 156 Å². The molecule has 2 aromatic rings. The SMILES string of the molecule is COc1ccc(Cn2cc(CO)nc2SCC(=O)N2CCOCC2)cc1. The molecule has 1 aromatic carbocycles. The molecule has 0 saturated carbocycles. The summed E-state index contributed by atoms with van der Waals surface area (Å²) < 4.78 is 12.4. The summed E-state index contributed by atoms with van der Waals surface area (Å²) in [6, 6.07) is 7.80. The molecule has 26 heavy (non-hydrogen) atoms. The van der Waals surface area contributed by atoms with E-state index >= 15 is 0 Å². The van der Waals surface area contributed by atoms with E-state index in [1.54, 1.807) is 7.11 Å². The van der Waals surface area contributed by atoms with Gasteiger partial charge in [-0.2, -0.15) is 0 Å². The number of carbonyl (C=O) groups excluding carboxylic acids is 1. The third-order valence-electron chi connectivity index (χ3n) is 4.15. The fourth-order valence-electron chi connectivity index (χ4n) is 2.71. The number of amides is 1. The first kappa shape index (κ1) is 18.8. The molecule has 1 amide bonds. The Bertz CT molecular complexity index is 727. The number of hydrogen-bond donors (Lipinski definition) is 1. The lowest BCUT2D eigenvalue weighted by Crippen LogP contribution is -2.41. The van der Waals surface area contributed by atoms with Crippen LogP contribution >= 0.6 is 11.8 Å². The number of thioether (sulfide) groups is 1. The van der Waals surface area contributed by atoms with E-state index in [9.17, 15) is 9.90 Å². The summed E-state index contributed by atoms with van der Waals surface area (Å²) in [6.07, 6.45) is 1.83. The second-order valence-corrected chi connectivity index (χ2v) is 6.87. The Kier molecular flexibility index (Phi) is 6.54. The van der Waals surface area contributed by atoms with Gasteiger partial charge in [-0.05, 0) is 17.7 Å². The average Bonchev–Trinajstić information content (AvgIpc) is 3.09. The van der Waals surface area contributed by atoms with Gasteiger partial charge in [0.05, 0.1) is 38.4 Å². The number of carbonyl (C=O) groups is 1. The maximum Gasteiger partial charge on any atom is 0.233 e. The minimum atomic E-state index is -0.124. The maximum atomic E-state index is 12.3. The van der Waals surface area contributed by atoms with Gasteiger partial charge in [-0.1, -0.05) is 23.9 Å². The van der Waals surface area contributed by atoms with Crippen LogP contribution in [0, 0.1) is 0 Å². The van der Waals surface area contributed by atoms with E-state index in [1.807, 2.05) is 39.9 Å². The second kappa shape index (κ2) is 9.07. The number of rotatable bonds is 7. The summed E-state index contributed by atoms with van der Waals surface area (Å²) in [5, 5.41) is 10.1. The predicted molar refractivity (Wildman–Crippen MR) is 98.4 cm³/mol. The molecule has 2 heterocycles. The Hall–Kier alpha value is -2.03. The molecular weight excluding hydrogens is 354 g/mol. The number of aliphatic hydroxyl groups is 1. The van der Waals surface area contributed by atoms with E-state index in [0.717, 1.165) is 16.5 Å². The Morgan fingerprint density at radius 1 is 1.31 bits per heavy atom. The van der Waals surface area contributed by atoms with Crippen LogP contribution < -0.4 is 4.74 Å². The van der Waals surface area contributed by atoms with Gasteiger partial charge in [0.2, 0.25) is 5.91 Å². The molecule has 1 aliphatic heterocycles. The predicted octanol–water partition coefficient (Wildman–Crippen LogP) is 1.38. The highest BCUT2D eigenvalue weighted by molar-refractivity contribution is 7.99. The van der Waals surface area contributed by atoms with Crippen LogP contribution in [0.5, 0.6) is 5.75 Å². The molecule has 1 aliphatic rings. The minimum absolute atomic E-state index is 0.0860. The first-order valence-corrected chi connectivity index (χ1v) is 9.46. The molecule has 8 heteroatoms. The number of benzene rings is 1. The molecule has 140 valence electrons. The summed E-state index contributed by atoms with van der Waals surface area (Å²) >= 11 is 1.40. The number of ether oxygens (including phenoxy) is 2. The van der Waals surface area contributed by atoms with E-state index in [4.69, 9.17) is 9.47 Å². The van der Waals surface area contributed by atoms with Crippen LogP contribution in [-0.2, 0) is 22.7 Å². The molecule has 1 N–H and O–H groups in total. The molecule has 0 aliphatic carbocycles. The van der Waals surface area contributed by atoms with Crippen molar-refractivity contribution in [1.82, 2.24) is 14.5 Å². The van der Waals surface area contributed by atoms with Gasteiger partial charge in [-0.15, -0.1) is 0 Å². The van der Waals surface area contributed by atoms with Gasteiger partial charge in [-0.3, -0.25) is 4.79 Å². The minimum Gasteiger partial charge on any atom is -0.497 e. The van der Waals surface area contributed by atoms with Crippen molar-refractivity contribution in [3.8, 4) is 5.75 Å². The summed E-state index contributed by atoms with van der Waals surface area (Å²) in [5.74, 6) is 1.22. The van der Waals surface area contributed by atoms with Gasteiger partial charge in [-0.25, -0.2) is 4.98 Å². The molecule has 1 aromatic heterocycles. The van der Waals surface area contributed by atoms with Gasteiger partial charge < -0.3 is 24.0 Å². The van der Waals surface area contributed by atoms with Gasteiger partial charge in [0.25, 0.3) is 0 Å². The first-order chi connectivity index (χ1) is 12.7. The standard InChI is InChI=1S/C18H23N3O4S/c1-24-16-4-2-14(3-5-16)10-21-11-15(12-22)19-18(21)26-13-17(23)20-6-8-25-9-7-20/h2-5,11,22H,6-10,12-13H2,1H3. The quantitative estimate of drug-likeness (QED) is 0.735. The largest absolute Gasteiger partial charge is 0.497 e. The van der Waals surface area contributed by atoms with Gasteiger partial charge >= 0.3 is 0 Å². The van der Waals surface area contributed by atoms with Crippen molar-refractivity contribution in [3.05, 3.63) is 41.7 Å². The smallest absolute Gasteiger partial charge is 0.233 e. The zero-order chi connectivity index (χ0) is 18.4. The van der Waals surface area contributed by atoms with Gasteiger partial charge in [0.1, 0.15) is 5.75 Å². The van der Waals surface area contributed by atoms with E-state index in [0.29, 0.717) is 44.3 Å². The molecule has 7 nitrogen and oxygen atoms in total. The monoisotopic (exact) mass is 377 g/mol. The number of morpholine rings is 1. The van der Waals surface area contributed by atoms with Crippen molar-refractivity contribution in [3.63, 3.8) is 0 Å². The molecule has 1 saturated heterocycles. The topological polar surface area (TPSA) is 76.8 Å². The van der Waals surface area contributed by atoms with E-state index in [-0.39, 0.29) is 12.5 Å². The molecule has 0 spiro atoms. The molecule has 0 bridgehead atoms. The van der Waals surface area contributed by atoms with Crippen molar-refractivity contribution in [2.45, 2.75) is 18.3 Å². The fourth-order valence-corrected chi connectivity index (χ4v) is 3.61. The molecule has 1 fully saturated rings. The van der Waals surface area contributed by atoms with E-state index in [1.165, 1.54) is 11.8 Å². The third kappa shape index (κ3) is 4.78. The summed E-state index contributed by atoms with van der Waals surface area (Å²) in [5.41, 5.74) is 1.69. The van der Waals surface area contributed by atoms with Gasteiger partial charge in [0.15, 0.2) is 5.16 Å². The highest BCUT2D eigenvalue weighted by Crippen LogP contribution is 2.21. The summed E-state index contributed by atoms with van der Waals surface area (Å²) in [7, 11) is 1.64. The van der Waals surface area contributed by atoms with Crippen LogP contribution in [0.1, 0.15) is 11.3 Å². The first-order valence-electron chi connectivity index (χ1n) is 8.47. The summed E-state index contributed by atoms with van der Waals surface area (Å²) in [4.78, 5) is 18.6. The van der Waals surface area contributed by atoms with Crippen LogP contribution in [0.25, 0.3) is 0 Å².